The molecule has 102 valence electrons. The van der Waals surface area contributed by atoms with Gasteiger partial charge in [0.1, 0.15) is 0 Å². The second kappa shape index (κ2) is 6.26. The highest BCUT2D eigenvalue weighted by atomic mass is 32.1. The van der Waals surface area contributed by atoms with E-state index in [0.29, 0.717) is 5.56 Å². The van der Waals surface area contributed by atoms with Gasteiger partial charge in [-0.3, -0.25) is 0 Å². The molecule has 2 aromatic rings. The quantitative estimate of drug-likeness (QED) is 0.828. The van der Waals surface area contributed by atoms with Gasteiger partial charge in [0.15, 0.2) is 11.6 Å². The van der Waals surface area contributed by atoms with Gasteiger partial charge in [0, 0.05) is 22.5 Å². The number of halogens is 2. The zero-order valence-electron chi connectivity index (χ0n) is 11.0. The highest BCUT2D eigenvalue weighted by molar-refractivity contribution is 7.10. The number of hydrogen-bond acceptors (Lipinski definition) is 2. The number of thiophene rings is 1. The predicted molar refractivity (Wildman–Crippen MR) is 75.3 cm³/mol. The molecular formula is C15H17F2NS. The molecule has 2 unspecified atom stereocenters. The van der Waals surface area contributed by atoms with E-state index >= 15 is 0 Å². The molecule has 0 fully saturated rings. The molecule has 1 aromatic heterocycles. The second-order valence-electron chi connectivity index (χ2n) is 4.51. The average Bonchev–Trinajstić information content (AvgIpc) is 2.92. The Balaban J connectivity index is 2.16. The fraction of sp³-hybridized carbons (Fsp3) is 0.333. The maximum Gasteiger partial charge on any atom is 0.163 e. The molecule has 0 bridgehead atoms. The Morgan fingerprint density at radius 2 is 2.00 bits per heavy atom. The summed E-state index contributed by atoms with van der Waals surface area (Å²) >= 11 is 1.67. The van der Waals surface area contributed by atoms with E-state index in [-0.39, 0.29) is 12.1 Å². The van der Waals surface area contributed by atoms with Gasteiger partial charge in [0.25, 0.3) is 0 Å². The van der Waals surface area contributed by atoms with Gasteiger partial charge >= 0.3 is 0 Å². The molecule has 4 heteroatoms. The molecular weight excluding hydrogens is 264 g/mol. The van der Waals surface area contributed by atoms with E-state index in [0.717, 1.165) is 12.5 Å². The van der Waals surface area contributed by atoms with Crippen LogP contribution in [0.1, 0.15) is 42.8 Å². The van der Waals surface area contributed by atoms with Gasteiger partial charge in [-0.05, 0) is 30.9 Å². The van der Waals surface area contributed by atoms with E-state index in [2.05, 4.69) is 18.3 Å². The van der Waals surface area contributed by atoms with E-state index in [4.69, 9.17) is 0 Å². The predicted octanol–water partition coefficient (Wildman–Crippen LogP) is 4.83. The van der Waals surface area contributed by atoms with Crippen molar-refractivity contribution in [1.82, 2.24) is 5.32 Å². The van der Waals surface area contributed by atoms with Crippen LogP contribution in [0.2, 0.25) is 0 Å². The van der Waals surface area contributed by atoms with Crippen molar-refractivity contribution in [1.29, 1.82) is 0 Å². The van der Waals surface area contributed by atoms with Gasteiger partial charge in [-0.2, -0.15) is 0 Å². The Morgan fingerprint density at radius 3 is 2.63 bits per heavy atom. The lowest BCUT2D eigenvalue weighted by molar-refractivity contribution is 0.432. The molecule has 0 spiro atoms. The van der Waals surface area contributed by atoms with Crippen LogP contribution in [0.3, 0.4) is 0 Å². The Bertz CT molecular complexity index is 525. The lowest BCUT2D eigenvalue weighted by Gasteiger charge is -2.22. The molecule has 1 nitrogen and oxygen atoms in total. The van der Waals surface area contributed by atoms with E-state index < -0.39 is 11.6 Å². The Hall–Kier alpha value is -1.26. The van der Waals surface area contributed by atoms with Gasteiger partial charge in [-0.25, -0.2) is 8.78 Å². The Labute approximate surface area is 116 Å². The van der Waals surface area contributed by atoms with Crippen molar-refractivity contribution in [3.8, 4) is 0 Å². The largest absolute Gasteiger partial charge is 0.303 e. The van der Waals surface area contributed by atoms with Crippen LogP contribution in [-0.4, -0.2) is 0 Å². The SMILES string of the molecule is CCC(NC(C)c1cccc(F)c1F)c1cccs1. The first kappa shape index (κ1) is 14.2. The highest BCUT2D eigenvalue weighted by Gasteiger charge is 2.18. The van der Waals surface area contributed by atoms with Crippen molar-refractivity contribution in [3.63, 3.8) is 0 Å². The monoisotopic (exact) mass is 281 g/mol. The van der Waals surface area contributed by atoms with E-state index in [9.17, 15) is 8.78 Å². The van der Waals surface area contributed by atoms with Crippen LogP contribution >= 0.6 is 11.3 Å². The lowest BCUT2D eigenvalue weighted by atomic mass is 10.1. The van der Waals surface area contributed by atoms with Crippen LogP contribution < -0.4 is 5.32 Å². The fourth-order valence-electron chi connectivity index (χ4n) is 2.14. The molecule has 0 amide bonds. The van der Waals surface area contributed by atoms with Crippen molar-refractivity contribution in [2.24, 2.45) is 0 Å². The molecule has 0 aliphatic heterocycles. The average molecular weight is 281 g/mol. The normalized spacial score (nSPS) is 14.3. The first-order chi connectivity index (χ1) is 9.13. The van der Waals surface area contributed by atoms with E-state index in [1.54, 1.807) is 17.4 Å². The molecule has 0 saturated carbocycles. The van der Waals surface area contributed by atoms with Crippen molar-refractivity contribution in [2.75, 3.05) is 0 Å². The summed E-state index contributed by atoms with van der Waals surface area (Å²) in [6.45, 7) is 3.93. The summed E-state index contributed by atoms with van der Waals surface area (Å²) in [5.74, 6) is -1.56. The van der Waals surface area contributed by atoms with E-state index in [1.807, 2.05) is 18.4 Å². The third-order valence-electron chi connectivity index (χ3n) is 3.19. The topological polar surface area (TPSA) is 12.0 Å². The zero-order valence-corrected chi connectivity index (χ0v) is 11.8. The number of hydrogen-bond donors (Lipinski definition) is 1. The standard InChI is InChI=1S/C15H17F2NS/c1-3-13(14-8-5-9-19-14)18-10(2)11-6-4-7-12(16)15(11)17/h4-10,13,18H,3H2,1-2H3. The first-order valence-electron chi connectivity index (χ1n) is 6.36. The molecule has 0 aliphatic carbocycles. The molecule has 0 radical (unpaired) electrons. The van der Waals surface area contributed by atoms with Crippen molar-refractivity contribution < 1.29 is 8.78 Å². The molecule has 1 aromatic carbocycles. The molecule has 19 heavy (non-hydrogen) atoms. The Morgan fingerprint density at radius 1 is 1.21 bits per heavy atom. The molecule has 1 N–H and O–H groups in total. The number of rotatable bonds is 5. The second-order valence-corrected chi connectivity index (χ2v) is 5.49. The highest BCUT2D eigenvalue weighted by Crippen LogP contribution is 2.26. The summed E-state index contributed by atoms with van der Waals surface area (Å²) in [4.78, 5) is 1.21. The summed E-state index contributed by atoms with van der Waals surface area (Å²) in [6, 6.07) is 8.29. The van der Waals surface area contributed by atoms with Gasteiger partial charge in [0.2, 0.25) is 0 Å². The summed E-state index contributed by atoms with van der Waals surface area (Å²) in [5.41, 5.74) is 0.370. The van der Waals surface area contributed by atoms with Gasteiger partial charge in [-0.1, -0.05) is 25.1 Å². The summed E-state index contributed by atoms with van der Waals surface area (Å²) < 4.78 is 27.0. The van der Waals surface area contributed by atoms with Crippen LogP contribution in [0.25, 0.3) is 0 Å². The molecule has 0 saturated heterocycles. The van der Waals surface area contributed by atoms with Crippen LogP contribution in [0.15, 0.2) is 35.7 Å². The maximum atomic E-state index is 13.7. The lowest BCUT2D eigenvalue weighted by Crippen LogP contribution is -2.24. The van der Waals surface area contributed by atoms with Crippen LogP contribution in [0, 0.1) is 11.6 Å². The maximum absolute atomic E-state index is 13.7. The third-order valence-corrected chi connectivity index (χ3v) is 4.18. The van der Waals surface area contributed by atoms with Crippen LogP contribution in [-0.2, 0) is 0 Å². The minimum absolute atomic E-state index is 0.165. The Kier molecular flexibility index (Phi) is 4.66. The van der Waals surface area contributed by atoms with Crippen molar-refractivity contribution in [2.45, 2.75) is 32.4 Å². The van der Waals surface area contributed by atoms with E-state index in [1.165, 1.54) is 10.9 Å². The van der Waals surface area contributed by atoms with Crippen LogP contribution in [0.5, 0.6) is 0 Å². The molecule has 1 heterocycles. The molecule has 0 aliphatic rings. The summed E-state index contributed by atoms with van der Waals surface area (Å²) in [6.07, 6.45) is 0.905. The van der Waals surface area contributed by atoms with Crippen molar-refractivity contribution in [3.05, 3.63) is 57.8 Å². The molecule has 2 atom stereocenters. The first-order valence-corrected chi connectivity index (χ1v) is 7.24. The minimum Gasteiger partial charge on any atom is -0.303 e. The van der Waals surface area contributed by atoms with Crippen molar-refractivity contribution >= 4 is 11.3 Å². The third kappa shape index (κ3) is 3.19. The molecule has 2 rings (SSSR count). The van der Waals surface area contributed by atoms with Gasteiger partial charge in [0.05, 0.1) is 0 Å². The summed E-state index contributed by atoms with van der Waals surface area (Å²) in [5, 5.41) is 5.38. The van der Waals surface area contributed by atoms with Gasteiger partial charge in [-0.15, -0.1) is 11.3 Å². The number of nitrogens with one attached hydrogen (secondary N) is 1. The van der Waals surface area contributed by atoms with Gasteiger partial charge < -0.3 is 5.32 Å². The summed E-state index contributed by atoms with van der Waals surface area (Å²) in [7, 11) is 0. The minimum atomic E-state index is -0.796. The smallest absolute Gasteiger partial charge is 0.163 e. The van der Waals surface area contributed by atoms with Crippen LogP contribution in [0.4, 0.5) is 8.78 Å². The fourth-order valence-corrected chi connectivity index (χ4v) is 3.01. The zero-order chi connectivity index (χ0) is 13.8. The number of benzene rings is 1.